The molecule has 2 rings (SSSR count). The van der Waals surface area contributed by atoms with Crippen LogP contribution in [0, 0.1) is 0 Å². The van der Waals surface area contributed by atoms with Crippen molar-refractivity contribution < 1.29 is 9.90 Å². The van der Waals surface area contributed by atoms with Crippen LogP contribution in [0.4, 0.5) is 0 Å². The Kier molecular flexibility index (Phi) is 1.98. The van der Waals surface area contributed by atoms with E-state index >= 15 is 0 Å². The molecule has 0 spiro atoms. The fraction of sp³-hybridized carbons (Fsp3) is 0. The van der Waals surface area contributed by atoms with Gasteiger partial charge in [0, 0.05) is 11.8 Å². The summed E-state index contributed by atoms with van der Waals surface area (Å²) >= 11 is 0. The van der Waals surface area contributed by atoms with Gasteiger partial charge in [0.1, 0.15) is 5.69 Å². The second kappa shape index (κ2) is 3.29. The molecule has 0 aromatic carbocycles. The van der Waals surface area contributed by atoms with Gasteiger partial charge in [0.15, 0.2) is 0 Å². The van der Waals surface area contributed by atoms with Gasteiger partial charge in [-0.25, -0.2) is 9.78 Å². The zero-order chi connectivity index (χ0) is 9.97. The van der Waals surface area contributed by atoms with E-state index in [9.17, 15) is 4.79 Å². The first-order chi connectivity index (χ1) is 6.77. The van der Waals surface area contributed by atoms with Gasteiger partial charge in [-0.05, 0) is 12.1 Å². The normalized spacial score (nSPS) is 10.0. The summed E-state index contributed by atoms with van der Waals surface area (Å²) in [6, 6.07) is 4.84. The molecule has 0 radical (unpaired) electrons. The van der Waals surface area contributed by atoms with E-state index < -0.39 is 5.97 Å². The molecule has 2 aromatic heterocycles. The summed E-state index contributed by atoms with van der Waals surface area (Å²) in [5.74, 6) is -1.03. The van der Waals surface area contributed by atoms with Crippen molar-refractivity contribution in [1.29, 1.82) is 0 Å². The van der Waals surface area contributed by atoms with Gasteiger partial charge in [0.2, 0.25) is 0 Å². The summed E-state index contributed by atoms with van der Waals surface area (Å²) in [6.45, 7) is 0. The fourth-order valence-electron chi connectivity index (χ4n) is 1.11. The second-order valence-electron chi connectivity index (χ2n) is 2.70. The molecule has 0 unspecified atom stereocenters. The molecule has 0 saturated heterocycles. The summed E-state index contributed by atoms with van der Waals surface area (Å²) in [6.07, 6.45) is 3.25. The molecule has 2 heterocycles. The predicted molar refractivity (Wildman–Crippen MR) is 48.8 cm³/mol. The number of aromatic carboxylic acids is 1. The highest BCUT2D eigenvalue weighted by atomic mass is 16.4. The number of rotatable bonds is 2. The van der Waals surface area contributed by atoms with Crippen molar-refractivity contribution in [2.24, 2.45) is 0 Å². The highest BCUT2D eigenvalue weighted by molar-refractivity contribution is 5.86. The van der Waals surface area contributed by atoms with E-state index in [2.05, 4.69) is 15.2 Å². The summed E-state index contributed by atoms with van der Waals surface area (Å²) in [5.41, 5.74) is 1.40. The summed E-state index contributed by atoms with van der Waals surface area (Å²) in [4.78, 5) is 14.6. The lowest BCUT2D eigenvalue weighted by molar-refractivity contribution is 0.0690. The Morgan fingerprint density at radius 2 is 2.29 bits per heavy atom. The van der Waals surface area contributed by atoms with Gasteiger partial charge in [0.05, 0.1) is 11.9 Å². The van der Waals surface area contributed by atoms with Gasteiger partial charge in [-0.1, -0.05) is 6.07 Å². The molecule has 2 aromatic rings. The monoisotopic (exact) mass is 189 g/mol. The summed E-state index contributed by atoms with van der Waals surface area (Å²) in [5, 5.41) is 15.1. The third kappa shape index (κ3) is 1.47. The molecule has 14 heavy (non-hydrogen) atoms. The SMILES string of the molecule is O=C(O)c1cccc(-c2cn[nH]c2)n1. The third-order valence-corrected chi connectivity index (χ3v) is 1.76. The first kappa shape index (κ1) is 8.43. The van der Waals surface area contributed by atoms with Crippen molar-refractivity contribution in [2.75, 3.05) is 0 Å². The fourth-order valence-corrected chi connectivity index (χ4v) is 1.11. The Hall–Kier alpha value is -2.17. The quantitative estimate of drug-likeness (QED) is 0.743. The molecule has 70 valence electrons. The van der Waals surface area contributed by atoms with E-state index in [0.29, 0.717) is 5.69 Å². The van der Waals surface area contributed by atoms with E-state index in [1.54, 1.807) is 24.5 Å². The Morgan fingerprint density at radius 3 is 2.93 bits per heavy atom. The molecule has 2 N–H and O–H groups in total. The number of hydrogen-bond acceptors (Lipinski definition) is 3. The smallest absolute Gasteiger partial charge is 0.354 e. The van der Waals surface area contributed by atoms with Crippen molar-refractivity contribution in [3.63, 3.8) is 0 Å². The lowest BCUT2D eigenvalue weighted by Gasteiger charge is -1.97. The van der Waals surface area contributed by atoms with Gasteiger partial charge >= 0.3 is 5.97 Å². The van der Waals surface area contributed by atoms with E-state index in [0.717, 1.165) is 5.56 Å². The maximum absolute atomic E-state index is 10.6. The van der Waals surface area contributed by atoms with Gasteiger partial charge in [-0.3, -0.25) is 5.10 Å². The Labute approximate surface area is 79.4 Å². The van der Waals surface area contributed by atoms with Gasteiger partial charge in [0.25, 0.3) is 0 Å². The molecule has 0 aliphatic carbocycles. The van der Waals surface area contributed by atoms with E-state index in [4.69, 9.17) is 5.11 Å². The predicted octanol–water partition coefficient (Wildman–Crippen LogP) is 1.17. The zero-order valence-corrected chi connectivity index (χ0v) is 7.14. The van der Waals surface area contributed by atoms with Crippen molar-refractivity contribution in [1.82, 2.24) is 15.2 Å². The molecule has 5 nitrogen and oxygen atoms in total. The number of aromatic nitrogens is 3. The van der Waals surface area contributed by atoms with Crippen LogP contribution in [0.25, 0.3) is 11.3 Å². The van der Waals surface area contributed by atoms with Crippen molar-refractivity contribution in [3.05, 3.63) is 36.3 Å². The molecule has 0 saturated carbocycles. The topological polar surface area (TPSA) is 78.9 Å². The highest BCUT2D eigenvalue weighted by Crippen LogP contribution is 2.14. The minimum absolute atomic E-state index is 0.0312. The number of H-pyrrole nitrogens is 1. The molecule has 0 atom stereocenters. The van der Waals surface area contributed by atoms with Gasteiger partial charge in [-0.15, -0.1) is 0 Å². The van der Waals surface area contributed by atoms with Crippen LogP contribution in [-0.4, -0.2) is 26.3 Å². The van der Waals surface area contributed by atoms with Crippen LogP contribution in [0.2, 0.25) is 0 Å². The van der Waals surface area contributed by atoms with Gasteiger partial charge in [-0.2, -0.15) is 5.10 Å². The molecule has 0 fully saturated rings. The number of hydrogen-bond donors (Lipinski definition) is 2. The average molecular weight is 189 g/mol. The lowest BCUT2D eigenvalue weighted by atomic mass is 10.2. The second-order valence-corrected chi connectivity index (χ2v) is 2.70. The van der Waals surface area contributed by atoms with Gasteiger partial charge < -0.3 is 5.11 Å². The van der Waals surface area contributed by atoms with Crippen LogP contribution in [-0.2, 0) is 0 Å². The number of nitrogens with zero attached hydrogens (tertiary/aromatic N) is 2. The first-order valence-electron chi connectivity index (χ1n) is 3.97. The average Bonchev–Trinajstić information content (AvgIpc) is 2.71. The summed E-state index contributed by atoms with van der Waals surface area (Å²) < 4.78 is 0. The minimum Gasteiger partial charge on any atom is -0.477 e. The molecular weight excluding hydrogens is 182 g/mol. The zero-order valence-electron chi connectivity index (χ0n) is 7.14. The summed E-state index contributed by atoms with van der Waals surface area (Å²) in [7, 11) is 0. The standard InChI is InChI=1S/C9H7N3O2/c13-9(14)8-3-1-2-7(12-8)6-4-10-11-5-6/h1-5H,(H,10,11)(H,13,14). The Balaban J connectivity index is 2.46. The Bertz CT molecular complexity index is 451. The van der Waals surface area contributed by atoms with E-state index in [1.807, 2.05) is 0 Å². The van der Waals surface area contributed by atoms with Crippen molar-refractivity contribution >= 4 is 5.97 Å². The molecular formula is C9H7N3O2. The van der Waals surface area contributed by atoms with Crippen LogP contribution >= 0.6 is 0 Å². The van der Waals surface area contributed by atoms with Crippen LogP contribution in [0.1, 0.15) is 10.5 Å². The number of carboxylic acid groups (broad SMARTS) is 1. The number of nitrogens with one attached hydrogen (secondary N) is 1. The molecule has 0 bridgehead atoms. The number of carboxylic acids is 1. The van der Waals surface area contributed by atoms with Crippen LogP contribution in [0.3, 0.4) is 0 Å². The van der Waals surface area contributed by atoms with Crippen molar-refractivity contribution in [3.8, 4) is 11.3 Å². The number of pyridine rings is 1. The molecule has 0 aliphatic heterocycles. The van der Waals surface area contributed by atoms with E-state index in [1.165, 1.54) is 6.07 Å². The number of carbonyl (C=O) groups is 1. The Morgan fingerprint density at radius 1 is 1.43 bits per heavy atom. The van der Waals surface area contributed by atoms with Crippen LogP contribution in [0.15, 0.2) is 30.6 Å². The first-order valence-corrected chi connectivity index (χ1v) is 3.97. The minimum atomic E-state index is -1.03. The maximum Gasteiger partial charge on any atom is 0.354 e. The van der Waals surface area contributed by atoms with Crippen LogP contribution in [0.5, 0.6) is 0 Å². The van der Waals surface area contributed by atoms with Crippen LogP contribution < -0.4 is 0 Å². The van der Waals surface area contributed by atoms with E-state index in [-0.39, 0.29) is 5.69 Å². The molecule has 0 aliphatic rings. The molecule has 5 heteroatoms. The lowest BCUT2D eigenvalue weighted by Crippen LogP contribution is -2.00. The molecule has 0 amide bonds. The largest absolute Gasteiger partial charge is 0.477 e. The maximum atomic E-state index is 10.6. The van der Waals surface area contributed by atoms with Crippen molar-refractivity contribution in [2.45, 2.75) is 0 Å². The third-order valence-electron chi connectivity index (χ3n) is 1.76. The number of aromatic amines is 1. The highest BCUT2D eigenvalue weighted by Gasteiger charge is 2.06.